The smallest absolute Gasteiger partial charge is 0.352 e. The molecular weight excluding hydrogens is 412 g/mol. The van der Waals surface area contributed by atoms with Gasteiger partial charge in [0.05, 0.1) is 22.6 Å². The molecule has 0 spiro atoms. The van der Waals surface area contributed by atoms with E-state index in [1.165, 1.54) is 12.5 Å². The highest BCUT2D eigenvalue weighted by atomic mass is 19.4. The Labute approximate surface area is 175 Å². The van der Waals surface area contributed by atoms with E-state index in [1.807, 2.05) is 0 Å². The molecule has 2 aromatic heterocycles. The molecule has 1 aliphatic heterocycles. The molecule has 4 rings (SSSR count). The number of carbonyl (C=O) groups excluding carboxylic acids is 1. The molecule has 1 atom stereocenters. The molecule has 3 heterocycles. The van der Waals surface area contributed by atoms with E-state index in [1.54, 1.807) is 19.1 Å². The number of amides is 1. The van der Waals surface area contributed by atoms with E-state index < -0.39 is 23.5 Å². The first-order valence-electron chi connectivity index (χ1n) is 9.74. The maximum atomic E-state index is 14.0. The Hall–Kier alpha value is -3.36. The summed E-state index contributed by atoms with van der Waals surface area (Å²) in [5, 5.41) is 2.77. The second kappa shape index (κ2) is 8.05. The van der Waals surface area contributed by atoms with Gasteiger partial charge in [0.1, 0.15) is 12.1 Å². The van der Waals surface area contributed by atoms with Gasteiger partial charge in [-0.15, -0.1) is 0 Å². The zero-order valence-corrected chi connectivity index (χ0v) is 16.5. The number of halogens is 4. The molecule has 0 aliphatic carbocycles. The highest BCUT2D eigenvalue weighted by Gasteiger charge is 2.32. The lowest BCUT2D eigenvalue weighted by molar-refractivity contribution is -0.137. The number of hydrogen-bond donors (Lipinski definition) is 1. The molecule has 1 aromatic carbocycles. The average Bonchev–Trinajstić information content (AvgIpc) is 2.73. The quantitative estimate of drug-likeness (QED) is 0.618. The Kier molecular flexibility index (Phi) is 5.43. The highest BCUT2D eigenvalue weighted by Crippen LogP contribution is 2.35. The Morgan fingerprint density at radius 3 is 2.68 bits per heavy atom. The zero-order valence-electron chi connectivity index (χ0n) is 16.5. The maximum Gasteiger partial charge on any atom is 0.416 e. The minimum Gasteiger partial charge on any atom is -0.352 e. The van der Waals surface area contributed by atoms with Crippen LogP contribution in [0.2, 0.25) is 0 Å². The van der Waals surface area contributed by atoms with Crippen molar-refractivity contribution in [3.05, 3.63) is 76.6 Å². The molecule has 160 valence electrons. The third-order valence-corrected chi connectivity index (χ3v) is 5.31. The number of hydrogen-bond acceptors (Lipinski definition) is 4. The molecule has 5 nitrogen and oxygen atoms in total. The molecule has 31 heavy (non-hydrogen) atoms. The van der Waals surface area contributed by atoms with Crippen LogP contribution in [0.3, 0.4) is 0 Å². The van der Waals surface area contributed by atoms with E-state index in [-0.39, 0.29) is 11.5 Å². The zero-order chi connectivity index (χ0) is 22.2. The van der Waals surface area contributed by atoms with Gasteiger partial charge in [0, 0.05) is 24.2 Å². The average molecular weight is 430 g/mol. The molecule has 1 amide bonds. The minimum absolute atomic E-state index is 0.182. The summed E-state index contributed by atoms with van der Waals surface area (Å²) in [6.07, 6.45) is -0.846. The third kappa shape index (κ3) is 4.12. The van der Waals surface area contributed by atoms with Crippen molar-refractivity contribution in [2.24, 2.45) is 0 Å². The van der Waals surface area contributed by atoms with E-state index in [0.717, 1.165) is 17.7 Å². The molecular formula is C22H18F4N4O. The summed E-state index contributed by atoms with van der Waals surface area (Å²) in [5.74, 6) is -1.71. The fourth-order valence-electron chi connectivity index (χ4n) is 3.86. The summed E-state index contributed by atoms with van der Waals surface area (Å²) in [5.41, 5.74) is 1.86. The van der Waals surface area contributed by atoms with Crippen molar-refractivity contribution >= 4 is 5.91 Å². The molecule has 0 radical (unpaired) electrons. The van der Waals surface area contributed by atoms with Crippen LogP contribution in [-0.4, -0.2) is 27.4 Å². The predicted molar refractivity (Wildman–Crippen MR) is 105 cm³/mol. The van der Waals surface area contributed by atoms with Crippen molar-refractivity contribution < 1.29 is 22.4 Å². The van der Waals surface area contributed by atoms with Crippen molar-refractivity contribution in [1.82, 2.24) is 20.3 Å². The first-order valence-corrected chi connectivity index (χ1v) is 9.74. The minimum atomic E-state index is -4.65. The predicted octanol–water partition coefficient (Wildman–Crippen LogP) is 4.52. The number of nitrogens with one attached hydrogen (secondary N) is 1. The lowest BCUT2D eigenvalue weighted by Crippen LogP contribution is -2.32. The number of pyridine rings is 1. The van der Waals surface area contributed by atoms with Crippen molar-refractivity contribution in [2.45, 2.75) is 31.9 Å². The van der Waals surface area contributed by atoms with Crippen molar-refractivity contribution in [3.63, 3.8) is 0 Å². The number of nitrogens with zero attached hydrogens (tertiary/aromatic N) is 3. The Bertz CT molecular complexity index is 1150. The standard InChI is InChI=1S/C22H18F4N4O/c1-2-15(12-7-13(22(24,25)26)9-14(23)8-12)18-10-19(30-11-29-18)20-16-3-6-28-21(31)17(16)4-5-27-20/h4-5,7-11,15H,2-3,6H2,1H3,(H,28,31)/t15-/m1/s1. The molecule has 0 saturated heterocycles. The largest absolute Gasteiger partial charge is 0.416 e. The number of fused-ring (bicyclic) bond motifs is 1. The Morgan fingerprint density at radius 1 is 1.13 bits per heavy atom. The normalized spacial score (nSPS) is 14.7. The van der Waals surface area contributed by atoms with Gasteiger partial charge in [-0.05, 0) is 54.3 Å². The van der Waals surface area contributed by atoms with Crippen LogP contribution in [0.15, 0.2) is 42.9 Å². The van der Waals surface area contributed by atoms with Gasteiger partial charge in [-0.25, -0.2) is 14.4 Å². The van der Waals surface area contributed by atoms with Gasteiger partial charge in [0.15, 0.2) is 0 Å². The van der Waals surface area contributed by atoms with E-state index in [0.29, 0.717) is 48.1 Å². The molecule has 9 heteroatoms. The summed E-state index contributed by atoms with van der Waals surface area (Å²) in [4.78, 5) is 25.0. The lowest BCUT2D eigenvalue weighted by atomic mass is 9.90. The molecule has 0 unspecified atom stereocenters. The summed E-state index contributed by atoms with van der Waals surface area (Å²) in [7, 11) is 0. The molecule has 1 N–H and O–H groups in total. The van der Waals surface area contributed by atoms with E-state index in [4.69, 9.17) is 0 Å². The van der Waals surface area contributed by atoms with E-state index in [9.17, 15) is 22.4 Å². The van der Waals surface area contributed by atoms with Crippen LogP contribution in [0, 0.1) is 5.82 Å². The monoisotopic (exact) mass is 430 g/mol. The number of benzene rings is 1. The summed E-state index contributed by atoms with van der Waals surface area (Å²) in [6, 6.07) is 5.80. The maximum absolute atomic E-state index is 14.0. The van der Waals surface area contributed by atoms with Crippen LogP contribution >= 0.6 is 0 Å². The van der Waals surface area contributed by atoms with Gasteiger partial charge in [-0.3, -0.25) is 9.78 Å². The van der Waals surface area contributed by atoms with Crippen LogP contribution in [0.5, 0.6) is 0 Å². The summed E-state index contributed by atoms with van der Waals surface area (Å²) < 4.78 is 53.4. The van der Waals surface area contributed by atoms with Gasteiger partial charge in [0.2, 0.25) is 0 Å². The third-order valence-electron chi connectivity index (χ3n) is 5.31. The topological polar surface area (TPSA) is 67.8 Å². The van der Waals surface area contributed by atoms with Crippen LogP contribution in [0.4, 0.5) is 17.6 Å². The molecule has 3 aromatic rings. The van der Waals surface area contributed by atoms with Gasteiger partial charge in [0.25, 0.3) is 5.91 Å². The van der Waals surface area contributed by atoms with E-state index in [2.05, 4.69) is 20.3 Å². The summed E-state index contributed by atoms with van der Waals surface area (Å²) in [6.45, 7) is 2.27. The molecule has 1 aliphatic rings. The lowest BCUT2D eigenvalue weighted by Gasteiger charge is -2.20. The fraction of sp³-hybridized carbons (Fsp3) is 0.273. The van der Waals surface area contributed by atoms with Crippen LogP contribution in [0.25, 0.3) is 11.4 Å². The second-order valence-corrected chi connectivity index (χ2v) is 7.25. The van der Waals surface area contributed by atoms with Gasteiger partial charge >= 0.3 is 6.18 Å². The number of rotatable bonds is 4. The van der Waals surface area contributed by atoms with Crippen molar-refractivity contribution in [3.8, 4) is 11.4 Å². The fourth-order valence-corrected chi connectivity index (χ4v) is 3.86. The van der Waals surface area contributed by atoms with Gasteiger partial charge in [-0.2, -0.15) is 13.2 Å². The van der Waals surface area contributed by atoms with Crippen molar-refractivity contribution in [2.75, 3.05) is 6.54 Å². The number of alkyl halides is 3. The SMILES string of the molecule is CC[C@H](c1cc(F)cc(C(F)(F)F)c1)c1cc(-c2nccc3c2CCNC3=O)ncn1. The molecule has 0 saturated carbocycles. The van der Waals surface area contributed by atoms with E-state index >= 15 is 0 Å². The second-order valence-electron chi connectivity index (χ2n) is 7.25. The van der Waals surface area contributed by atoms with Crippen LogP contribution in [-0.2, 0) is 12.6 Å². The summed E-state index contributed by atoms with van der Waals surface area (Å²) >= 11 is 0. The van der Waals surface area contributed by atoms with Crippen LogP contribution < -0.4 is 5.32 Å². The number of aromatic nitrogens is 3. The first-order chi connectivity index (χ1) is 14.8. The van der Waals surface area contributed by atoms with Crippen LogP contribution in [0.1, 0.15) is 52.0 Å². The first kappa shape index (κ1) is 20.9. The number of carbonyl (C=O) groups is 1. The van der Waals surface area contributed by atoms with Gasteiger partial charge < -0.3 is 5.32 Å². The van der Waals surface area contributed by atoms with Gasteiger partial charge in [-0.1, -0.05) is 6.92 Å². The van der Waals surface area contributed by atoms with Crippen molar-refractivity contribution in [1.29, 1.82) is 0 Å². The molecule has 0 fully saturated rings. The highest BCUT2D eigenvalue weighted by molar-refractivity contribution is 5.98. The Morgan fingerprint density at radius 2 is 1.94 bits per heavy atom. The Balaban J connectivity index is 1.78. The molecule has 0 bridgehead atoms.